The number of hydrogen-bond acceptors (Lipinski definition) is 6. The number of anilines is 2. The Morgan fingerprint density at radius 2 is 0.786 bits per heavy atom. The van der Waals surface area contributed by atoms with Gasteiger partial charge >= 0.3 is 0 Å². The Morgan fingerprint density at radius 1 is 0.405 bits per heavy atom. The van der Waals surface area contributed by atoms with Crippen molar-refractivity contribution < 1.29 is 19.2 Å². The maximum Gasteiger partial charge on any atom is 0.267 e. The summed E-state index contributed by atoms with van der Waals surface area (Å²) in [5.41, 5.74) is 3.56. The molecule has 9 rings (SSSR count). The molecule has 0 unspecified atom stereocenters. The zero-order valence-electron chi connectivity index (χ0n) is 21.7. The normalized spacial score (nSPS) is 14.8. The first-order valence-corrected chi connectivity index (χ1v) is 13.3. The van der Waals surface area contributed by atoms with Gasteiger partial charge in [0.15, 0.2) is 0 Å². The molecular weight excluding hydrogens is 528 g/mol. The van der Waals surface area contributed by atoms with E-state index < -0.39 is 23.6 Å². The summed E-state index contributed by atoms with van der Waals surface area (Å²) in [4.78, 5) is 66.7. The summed E-state index contributed by atoms with van der Waals surface area (Å²) < 4.78 is 0. The van der Waals surface area contributed by atoms with E-state index in [0.717, 1.165) is 0 Å². The average molecular weight is 545 g/mol. The van der Waals surface area contributed by atoms with Crippen LogP contribution < -0.4 is 9.80 Å². The smallest absolute Gasteiger partial charge is 0.267 e. The van der Waals surface area contributed by atoms with Gasteiger partial charge in [0.2, 0.25) is 0 Å². The minimum Gasteiger partial charge on any atom is -0.268 e. The van der Waals surface area contributed by atoms with Crippen LogP contribution in [-0.4, -0.2) is 33.6 Å². The molecule has 0 fully saturated rings. The van der Waals surface area contributed by atoms with E-state index in [1.165, 1.54) is 22.2 Å². The van der Waals surface area contributed by atoms with Gasteiger partial charge in [-0.05, 0) is 36.4 Å². The van der Waals surface area contributed by atoms with E-state index in [2.05, 4.69) is 0 Å². The molecule has 0 saturated heterocycles. The number of imide groups is 2. The molecule has 0 radical (unpaired) electrons. The highest BCUT2D eigenvalue weighted by atomic mass is 16.2. The van der Waals surface area contributed by atoms with E-state index >= 15 is 0 Å². The van der Waals surface area contributed by atoms with Crippen molar-refractivity contribution in [2.45, 2.75) is 0 Å². The predicted molar refractivity (Wildman–Crippen MR) is 158 cm³/mol. The molecule has 0 bridgehead atoms. The van der Waals surface area contributed by atoms with Gasteiger partial charge < -0.3 is 0 Å². The number of amides is 4. The first-order chi connectivity index (χ1) is 20.5. The second-order valence-corrected chi connectivity index (χ2v) is 10.4. The van der Waals surface area contributed by atoms with Crippen LogP contribution in [0.25, 0.3) is 43.4 Å². The van der Waals surface area contributed by atoms with Crippen LogP contribution in [0.5, 0.6) is 0 Å². The maximum atomic E-state index is 13.7. The second-order valence-electron chi connectivity index (χ2n) is 10.4. The number of hydrogen-bond donors (Lipinski definition) is 0. The molecule has 5 aromatic carbocycles. The number of nitrogens with zero attached hydrogens (tertiary/aromatic N) is 4. The minimum atomic E-state index is -0.448. The number of rotatable bonds is 2. The molecule has 8 nitrogen and oxygen atoms in total. The van der Waals surface area contributed by atoms with Crippen molar-refractivity contribution in [3.8, 4) is 0 Å². The number of para-hydroxylation sites is 2. The summed E-state index contributed by atoms with van der Waals surface area (Å²) >= 11 is 0. The van der Waals surface area contributed by atoms with Crippen LogP contribution in [0.1, 0.15) is 41.4 Å². The van der Waals surface area contributed by atoms with Crippen LogP contribution in [0.4, 0.5) is 11.4 Å². The molecule has 2 aromatic heterocycles. The average Bonchev–Trinajstić information content (AvgIpc) is 3.03. The third kappa shape index (κ3) is 2.66. The van der Waals surface area contributed by atoms with E-state index in [1.54, 1.807) is 60.7 Å². The lowest BCUT2D eigenvalue weighted by Crippen LogP contribution is -2.40. The van der Waals surface area contributed by atoms with Crippen molar-refractivity contribution in [2.75, 3.05) is 9.80 Å². The number of carbonyl (C=O) groups is 4. The van der Waals surface area contributed by atoms with Crippen molar-refractivity contribution in [1.82, 2.24) is 9.97 Å². The lowest BCUT2D eigenvalue weighted by atomic mass is 9.86. The molecule has 0 N–H and O–H groups in total. The standard InChI is InChI=1S/C34H16N4O4/c39-31-21-13-11-19-27-25(21)23(33(41)37(31)17-7-3-1-4-8-17)15-35-29(27)20-12-14-22-26-24(16-36-30(19)28(20)26)34(42)38(32(22)40)18-9-5-2-6-10-18/h1-16H. The fourth-order valence-corrected chi connectivity index (χ4v) is 6.55. The monoisotopic (exact) mass is 544 g/mol. The fourth-order valence-electron chi connectivity index (χ4n) is 6.55. The van der Waals surface area contributed by atoms with Gasteiger partial charge in [0.05, 0.1) is 33.5 Å². The summed E-state index contributed by atoms with van der Waals surface area (Å²) in [7, 11) is 0. The maximum absolute atomic E-state index is 13.7. The zero-order chi connectivity index (χ0) is 28.3. The quantitative estimate of drug-likeness (QED) is 0.148. The van der Waals surface area contributed by atoms with Gasteiger partial charge in [-0.1, -0.05) is 48.5 Å². The zero-order valence-corrected chi connectivity index (χ0v) is 21.7. The highest BCUT2D eigenvalue weighted by Crippen LogP contribution is 2.45. The summed E-state index contributed by atoms with van der Waals surface area (Å²) in [6, 6.07) is 24.7. The minimum absolute atomic E-state index is 0.326. The molecule has 8 heteroatoms. The Bertz CT molecular complexity index is 2100. The van der Waals surface area contributed by atoms with Crippen molar-refractivity contribution >= 4 is 78.4 Å². The molecule has 2 aliphatic rings. The van der Waals surface area contributed by atoms with Crippen molar-refractivity contribution in [3.63, 3.8) is 0 Å². The number of pyridine rings is 2. The van der Waals surface area contributed by atoms with Gasteiger partial charge in [0.1, 0.15) is 0 Å². The number of benzene rings is 5. The third-order valence-corrected chi connectivity index (χ3v) is 8.34. The van der Waals surface area contributed by atoms with E-state index in [0.29, 0.717) is 77.0 Å². The molecule has 42 heavy (non-hydrogen) atoms. The molecule has 0 spiro atoms. The summed E-state index contributed by atoms with van der Waals surface area (Å²) in [6.45, 7) is 0. The summed E-state index contributed by atoms with van der Waals surface area (Å²) in [5, 5.41) is 3.75. The van der Waals surface area contributed by atoms with Crippen LogP contribution in [-0.2, 0) is 0 Å². The number of fused-ring (bicyclic) bond motifs is 2. The predicted octanol–water partition coefficient (Wildman–Crippen LogP) is 6.13. The van der Waals surface area contributed by atoms with E-state index in [9.17, 15) is 19.2 Å². The van der Waals surface area contributed by atoms with Crippen LogP contribution in [0.15, 0.2) is 97.3 Å². The first-order valence-electron chi connectivity index (χ1n) is 13.3. The Kier molecular flexibility index (Phi) is 4.22. The van der Waals surface area contributed by atoms with Crippen LogP contribution in [0.2, 0.25) is 0 Å². The molecule has 0 saturated carbocycles. The Labute approximate surface area is 236 Å². The van der Waals surface area contributed by atoms with E-state index in [4.69, 9.17) is 9.97 Å². The summed E-state index contributed by atoms with van der Waals surface area (Å²) in [5.74, 6) is -1.72. The van der Waals surface area contributed by atoms with E-state index in [1.807, 2.05) is 24.3 Å². The highest BCUT2D eigenvalue weighted by molar-refractivity contribution is 6.44. The number of aromatic nitrogens is 2. The Morgan fingerprint density at radius 3 is 1.19 bits per heavy atom. The third-order valence-electron chi connectivity index (χ3n) is 8.34. The van der Waals surface area contributed by atoms with Crippen LogP contribution >= 0.6 is 0 Å². The van der Waals surface area contributed by atoms with Gasteiger partial charge in [0, 0.05) is 55.8 Å². The van der Waals surface area contributed by atoms with Gasteiger partial charge in [-0.2, -0.15) is 0 Å². The van der Waals surface area contributed by atoms with Crippen LogP contribution in [0.3, 0.4) is 0 Å². The molecule has 0 aliphatic carbocycles. The lowest BCUT2D eigenvalue weighted by molar-refractivity contribution is 0.0877. The van der Waals surface area contributed by atoms with Gasteiger partial charge in [-0.3, -0.25) is 29.1 Å². The Hall–Kier alpha value is -6.02. The molecule has 4 amide bonds. The molecule has 0 atom stereocenters. The fraction of sp³-hybridized carbons (Fsp3) is 0. The topological polar surface area (TPSA) is 101 Å². The van der Waals surface area contributed by atoms with Gasteiger partial charge in [-0.25, -0.2) is 9.80 Å². The first kappa shape index (κ1) is 22.8. The van der Waals surface area contributed by atoms with Gasteiger partial charge in [-0.15, -0.1) is 0 Å². The Balaban J connectivity index is 1.35. The molecule has 196 valence electrons. The van der Waals surface area contributed by atoms with Crippen molar-refractivity contribution in [3.05, 3.63) is 120 Å². The molecular formula is C34H16N4O4. The van der Waals surface area contributed by atoms with Crippen molar-refractivity contribution in [2.24, 2.45) is 0 Å². The molecule has 4 heterocycles. The summed E-state index contributed by atoms with van der Waals surface area (Å²) in [6.07, 6.45) is 3.02. The lowest BCUT2D eigenvalue weighted by Gasteiger charge is -2.29. The van der Waals surface area contributed by atoms with Crippen molar-refractivity contribution in [1.29, 1.82) is 0 Å². The highest BCUT2D eigenvalue weighted by Gasteiger charge is 2.38. The second kappa shape index (κ2) is 7.80. The SMILES string of the molecule is O=C1c2ccc3c4ncc5c6c(ccc(c7ncc(c2c37)C(=O)N1c1ccccc1)c64)C(=O)N(c1ccccc1)C5=O. The largest absolute Gasteiger partial charge is 0.268 e. The van der Waals surface area contributed by atoms with Crippen LogP contribution in [0, 0.1) is 0 Å². The molecule has 7 aromatic rings. The van der Waals surface area contributed by atoms with Gasteiger partial charge in [0.25, 0.3) is 23.6 Å². The number of carbonyl (C=O) groups excluding carboxylic acids is 4. The van der Waals surface area contributed by atoms with E-state index in [-0.39, 0.29) is 0 Å². The molecule has 2 aliphatic heterocycles.